The van der Waals surface area contributed by atoms with Crippen molar-refractivity contribution in [2.75, 3.05) is 5.32 Å². The second-order valence-electron chi connectivity index (χ2n) is 8.06. The average Bonchev–Trinajstić information content (AvgIpc) is 2.84. The monoisotopic (exact) mass is 709 g/mol. The molecule has 0 saturated carbocycles. The van der Waals surface area contributed by atoms with E-state index in [0.29, 0.717) is 6.07 Å². The van der Waals surface area contributed by atoms with E-state index in [1.165, 1.54) is 19.1 Å². The maximum absolute atomic E-state index is 13.9. The second-order valence-corrected chi connectivity index (χ2v) is 12.6. The van der Waals surface area contributed by atoms with E-state index in [0.717, 1.165) is 24.3 Å². The number of phenolic OH excluding ortho intramolecular Hbond substituents is 1. The van der Waals surface area contributed by atoms with E-state index in [1.54, 1.807) is 0 Å². The third-order valence-electron chi connectivity index (χ3n) is 5.37. The van der Waals surface area contributed by atoms with Gasteiger partial charge >= 0.3 is 87.0 Å². The molecule has 0 fully saturated rings. The third kappa shape index (κ3) is 8.34. The van der Waals surface area contributed by atoms with Gasteiger partial charge in [-0.15, -0.1) is 10.2 Å². The van der Waals surface area contributed by atoms with Gasteiger partial charge in [0.2, 0.25) is 0 Å². The van der Waals surface area contributed by atoms with Crippen molar-refractivity contribution in [1.29, 1.82) is 0 Å². The van der Waals surface area contributed by atoms with Crippen LogP contribution in [0.15, 0.2) is 67.4 Å². The predicted molar refractivity (Wildman–Crippen MR) is 141 cm³/mol. The number of fused-ring (bicyclic) bond motifs is 1. The summed E-state index contributed by atoms with van der Waals surface area (Å²) in [5.74, 6) is -1.51. The minimum Gasteiger partial charge on any atom is -0.505 e. The number of hydrogen-bond acceptors (Lipinski definition) is 12. The Labute approximate surface area is 313 Å². The Kier molecular flexibility index (Phi) is 12.4. The number of benzene rings is 3. The van der Waals surface area contributed by atoms with Crippen LogP contribution in [-0.2, 0) is 30.4 Å². The van der Waals surface area contributed by atoms with Gasteiger partial charge in [0, 0.05) is 5.39 Å². The van der Waals surface area contributed by atoms with Crippen LogP contribution in [0.5, 0.6) is 5.75 Å². The number of aromatic nitrogens is 2. The number of anilines is 2. The fourth-order valence-corrected chi connectivity index (χ4v) is 5.74. The number of hydrogen-bond donors (Lipinski definition) is 5. The fraction of sp³-hybridized carbons (Fsp3) is 0.0476. The Balaban J connectivity index is 0.00000323. The van der Waals surface area contributed by atoms with Gasteiger partial charge in [-0.05, 0) is 37.3 Å². The van der Waals surface area contributed by atoms with Crippen LogP contribution in [0.2, 0.25) is 5.02 Å². The van der Waals surface area contributed by atoms with E-state index in [4.69, 9.17) is 11.6 Å². The molecule has 4 rings (SSSR count). The molecule has 5 N–H and O–H groups in total. The number of halogens is 2. The molecular weight excluding hydrogens is 695 g/mol. The summed E-state index contributed by atoms with van der Waals surface area (Å²) in [6, 6.07) is 6.86. The zero-order valence-electron chi connectivity index (χ0n) is 22.0. The van der Waals surface area contributed by atoms with Crippen molar-refractivity contribution in [1.82, 2.24) is 9.97 Å². The van der Waals surface area contributed by atoms with Gasteiger partial charge in [0.05, 0.1) is 16.8 Å². The van der Waals surface area contributed by atoms with Crippen LogP contribution >= 0.6 is 11.6 Å². The minimum atomic E-state index is -5.31. The van der Waals surface area contributed by atoms with E-state index in [1.807, 2.05) is 0 Å². The third-order valence-corrected chi connectivity index (χ3v) is 8.51. The summed E-state index contributed by atoms with van der Waals surface area (Å²) in [6.07, 6.45) is -1.21. The van der Waals surface area contributed by atoms with Crippen LogP contribution in [-0.4, -0.2) is 54.0 Å². The number of nitrogens with zero attached hydrogens (tertiary/aromatic N) is 4. The molecule has 0 aliphatic carbocycles. The summed E-state index contributed by atoms with van der Waals surface area (Å²) in [5.41, 5.74) is -1.82. The molecule has 0 atom stereocenters. The van der Waals surface area contributed by atoms with Crippen molar-refractivity contribution in [3.05, 3.63) is 59.3 Å². The maximum Gasteiger partial charge on any atom is 1.00 e. The summed E-state index contributed by atoms with van der Waals surface area (Å²) >= 11 is 6.13. The first kappa shape index (κ1) is 38.0. The van der Waals surface area contributed by atoms with Gasteiger partial charge in [0.15, 0.2) is 11.6 Å². The molecule has 0 amide bonds. The molecule has 1 aromatic heterocycles. The van der Waals surface area contributed by atoms with Crippen LogP contribution in [0, 0.1) is 13.0 Å². The summed E-state index contributed by atoms with van der Waals surface area (Å²) in [7, 11) is -15.2. The minimum absolute atomic E-state index is 0. The summed E-state index contributed by atoms with van der Waals surface area (Å²) < 4.78 is 115. The molecule has 1 heterocycles. The van der Waals surface area contributed by atoms with Crippen LogP contribution in [0.3, 0.4) is 0 Å². The van der Waals surface area contributed by atoms with Crippen LogP contribution in [0.4, 0.5) is 27.3 Å². The number of aromatic hydroxyl groups is 1. The Morgan fingerprint density at radius 2 is 1.44 bits per heavy atom. The Morgan fingerprint density at radius 3 is 2.02 bits per heavy atom. The van der Waals surface area contributed by atoms with E-state index in [-0.39, 0.29) is 103 Å². The zero-order valence-corrected chi connectivity index (χ0v) is 30.4. The summed E-state index contributed by atoms with van der Waals surface area (Å²) in [6.45, 7) is 1.34. The molecule has 0 aliphatic heterocycles. The average molecular weight is 710 g/mol. The number of nitrogens with one attached hydrogen (secondary N) is 1. The second kappa shape index (κ2) is 14.1. The molecule has 0 radical (unpaired) electrons. The Bertz CT molecular complexity index is 2120. The number of rotatable bonds is 7. The van der Waals surface area contributed by atoms with Gasteiger partial charge in [0.25, 0.3) is 30.4 Å². The molecule has 0 unspecified atom stereocenters. The van der Waals surface area contributed by atoms with Crippen molar-refractivity contribution < 1.29 is 129 Å². The molecule has 43 heavy (non-hydrogen) atoms. The first-order valence-corrected chi connectivity index (χ1v) is 15.3. The van der Waals surface area contributed by atoms with Crippen LogP contribution in [0.1, 0.15) is 5.69 Å². The predicted octanol–water partition coefficient (Wildman–Crippen LogP) is -1.66. The van der Waals surface area contributed by atoms with Crippen molar-refractivity contribution in [2.24, 2.45) is 10.2 Å². The van der Waals surface area contributed by atoms with Crippen LogP contribution < -0.4 is 86.3 Å². The Morgan fingerprint density at radius 1 is 0.860 bits per heavy atom. The fourth-order valence-electron chi connectivity index (χ4n) is 3.65. The molecule has 0 saturated heterocycles. The largest absolute Gasteiger partial charge is 1.00 e. The van der Waals surface area contributed by atoms with Crippen molar-refractivity contribution >= 4 is 75.6 Å². The smallest absolute Gasteiger partial charge is 0.505 e. The normalized spacial score (nSPS) is 12.1. The van der Waals surface area contributed by atoms with Crippen LogP contribution in [0.25, 0.3) is 10.8 Å². The van der Waals surface area contributed by atoms with Gasteiger partial charge in [-0.1, -0.05) is 23.7 Å². The SMILES string of the molecule is Cc1nc(F)nc(Nc2ccc(S(=O)(=O)O)c3cc(S(=O)(=O)O)c(N=Nc4ccccc4S(=O)(=O)O)c(O)c23)c1Cl.[K+].[Na+]. The number of aryl methyl sites for hydroxylation is 1. The molecule has 0 aliphatic rings. The molecule has 4 aromatic rings. The quantitative estimate of drug-likeness (QED) is 0.0625. The molecular formula is C21H15ClFKN5NaO10S3+2. The van der Waals surface area contributed by atoms with E-state index in [2.05, 4.69) is 25.5 Å². The molecule has 0 bridgehead atoms. The van der Waals surface area contributed by atoms with Gasteiger partial charge in [-0.3, -0.25) is 13.7 Å². The first-order valence-electron chi connectivity index (χ1n) is 10.6. The molecule has 3 aromatic carbocycles. The molecule has 15 nitrogen and oxygen atoms in total. The van der Waals surface area contributed by atoms with Crippen molar-refractivity contribution in [2.45, 2.75) is 21.6 Å². The first-order chi connectivity index (χ1) is 18.9. The van der Waals surface area contributed by atoms with Gasteiger partial charge in [0.1, 0.15) is 31.1 Å². The van der Waals surface area contributed by atoms with E-state index >= 15 is 0 Å². The number of phenols is 1. The summed E-state index contributed by atoms with van der Waals surface area (Å²) in [5, 5.41) is 19.5. The van der Waals surface area contributed by atoms with Gasteiger partial charge in [-0.2, -0.15) is 34.6 Å². The van der Waals surface area contributed by atoms with E-state index < -0.39 is 79.0 Å². The zero-order chi connectivity index (χ0) is 30.5. The number of azo groups is 1. The molecule has 0 spiro atoms. The van der Waals surface area contributed by atoms with Crippen molar-refractivity contribution in [3.63, 3.8) is 0 Å². The van der Waals surface area contributed by atoms with E-state index in [9.17, 15) is 48.4 Å². The summed E-state index contributed by atoms with van der Waals surface area (Å²) in [4.78, 5) is 4.06. The molecule has 216 valence electrons. The maximum atomic E-state index is 13.9. The molecule has 22 heteroatoms. The topological polar surface area (TPSA) is 246 Å². The van der Waals surface area contributed by atoms with Gasteiger partial charge < -0.3 is 10.4 Å². The van der Waals surface area contributed by atoms with Gasteiger partial charge in [-0.25, -0.2) is 4.98 Å². The standard InChI is InChI=1S/C21H15ClFN5O10S3.K.Na/c1-9-17(22)20(26-21(23)24-9)25-12-6-7-13(39(30,31)32)10-8-15(41(36,37)38)18(19(29)16(10)12)28-27-11-4-2-3-5-14(11)40(33,34)35;;/h2-8,29H,1H3,(H,24,25,26)(H,30,31,32)(H,33,34,35)(H,36,37,38);;/q;2*+1. The Hall–Kier alpha value is -1.21. The van der Waals surface area contributed by atoms with Crippen molar-refractivity contribution in [3.8, 4) is 5.75 Å².